The number of nitrogens with zero attached hydrogens (tertiary/aromatic N) is 2. The number of amides is 1. The topological polar surface area (TPSA) is 32.7 Å². The van der Waals surface area contributed by atoms with Gasteiger partial charge in [0.2, 0.25) is 0 Å². The Hall–Kier alpha value is -2.36. The van der Waals surface area contributed by atoms with Crippen molar-refractivity contribution in [3.8, 4) is 0 Å². The van der Waals surface area contributed by atoms with Gasteiger partial charge in [-0.05, 0) is 42.5 Å². The highest BCUT2D eigenvalue weighted by Crippen LogP contribution is 2.46. The maximum absolute atomic E-state index is 13.2. The predicted octanol–water partition coefficient (Wildman–Crippen LogP) is 5.82. The Morgan fingerprint density at radius 1 is 0.920 bits per heavy atom. The third-order valence-corrected chi connectivity index (χ3v) is 6.05. The molecule has 5 rings (SSSR count). The van der Waals surface area contributed by atoms with Crippen molar-refractivity contribution in [1.82, 2.24) is 0 Å². The Labute approximate surface area is 154 Å². The van der Waals surface area contributed by atoms with Crippen molar-refractivity contribution in [2.24, 2.45) is 4.99 Å². The minimum Gasteiger partial charge on any atom is -0.268 e. The summed E-state index contributed by atoms with van der Waals surface area (Å²) in [7, 11) is 0. The maximum atomic E-state index is 13.2. The summed E-state index contributed by atoms with van der Waals surface area (Å²) in [5, 5.41) is 3.06. The van der Waals surface area contributed by atoms with Crippen LogP contribution in [0.5, 0.6) is 0 Å². The molecule has 25 heavy (non-hydrogen) atoms. The molecule has 3 aromatic carbocycles. The summed E-state index contributed by atoms with van der Waals surface area (Å²) >= 11 is 13.0. The van der Waals surface area contributed by atoms with Crippen LogP contribution in [0.2, 0.25) is 10.0 Å². The average Bonchev–Trinajstić information content (AvgIpc) is 2.91. The lowest BCUT2D eigenvalue weighted by molar-refractivity contribution is 0.101. The molecule has 0 saturated heterocycles. The number of hydrogen-bond acceptors (Lipinski definition) is 2. The lowest BCUT2D eigenvalue weighted by Crippen LogP contribution is -2.31. The fraction of sp³-hybridized carbons (Fsp3) is 0.100. The molecule has 0 radical (unpaired) electrons. The van der Waals surface area contributed by atoms with E-state index in [0.29, 0.717) is 27.0 Å². The second kappa shape index (κ2) is 4.84. The van der Waals surface area contributed by atoms with Crippen LogP contribution < -0.4 is 4.90 Å². The molecule has 0 spiro atoms. The summed E-state index contributed by atoms with van der Waals surface area (Å²) in [6, 6.07) is 11.9. The van der Waals surface area contributed by atoms with Gasteiger partial charge in [-0.25, -0.2) is 4.99 Å². The molecule has 0 atom stereocenters. The van der Waals surface area contributed by atoms with Gasteiger partial charge < -0.3 is 0 Å². The first-order chi connectivity index (χ1) is 12.0. The number of halogens is 2. The summed E-state index contributed by atoms with van der Waals surface area (Å²) in [5.41, 5.74) is 4.43. The smallest absolute Gasteiger partial charge is 0.265 e. The van der Waals surface area contributed by atoms with Crippen LogP contribution in [0.4, 0.5) is 11.4 Å². The number of benzene rings is 3. The molecule has 2 aliphatic heterocycles. The van der Waals surface area contributed by atoms with E-state index in [9.17, 15) is 4.79 Å². The van der Waals surface area contributed by atoms with Crippen molar-refractivity contribution in [3.05, 3.63) is 68.7 Å². The van der Waals surface area contributed by atoms with Gasteiger partial charge in [0.25, 0.3) is 5.91 Å². The fourth-order valence-electron chi connectivity index (χ4n) is 3.79. The molecule has 3 aromatic rings. The van der Waals surface area contributed by atoms with Crippen LogP contribution in [0.3, 0.4) is 0 Å². The average molecular weight is 367 g/mol. The largest absolute Gasteiger partial charge is 0.268 e. The second-order valence-corrected chi connectivity index (χ2v) is 7.11. The SMILES string of the molecule is Cc1c(Cl)c(C)c2c(c1Cl)C1=Nc3cccc4cccc(c34)N1C2=O. The first-order valence-electron chi connectivity index (χ1n) is 7.94. The van der Waals surface area contributed by atoms with E-state index in [1.165, 1.54) is 0 Å². The van der Waals surface area contributed by atoms with E-state index in [2.05, 4.69) is 0 Å². The quantitative estimate of drug-likeness (QED) is 0.493. The molecule has 2 heterocycles. The Bertz CT molecular complexity index is 1160. The second-order valence-electron chi connectivity index (χ2n) is 6.36. The van der Waals surface area contributed by atoms with Crippen molar-refractivity contribution in [1.29, 1.82) is 0 Å². The van der Waals surface area contributed by atoms with Gasteiger partial charge >= 0.3 is 0 Å². The van der Waals surface area contributed by atoms with Crippen LogP contribution >= 0.6 is 23.2 Å². The van der Waals surface area contributed by atoms with Crippen molar-refractivity contribution in [3.63, 3.8) is 0 Å². The normalized spacial score (nSPS) is 14.6. The van der Waals surface area contributed by atoms with E-state index in [-0.39, 0.29) is 5.91 Å². The molecule has 0 saturated carbocycles. The number of aliphatic imine (C=N–C) groups is 1. The minimum absolute atomic E-state index is 0.128. The van der Waals surface area contributed by atoms with Crippen LogP contribution in [0.25, 0.3) is 10.8 Å². The molecule has 0 aliphatic carbocycles. The van der Waals surface area contributed by atoms with E-state index in [1.54, 1.807) is 4.90 Å². The summed E-state index contributed by atoms with van der Waals surface area (Å²) in [5.74, 6) is 0.455. The van der Waals surface area contributed by atoms with E-state index in [0.717, 1.165) is 33.3 Å². The Kier molecular flexibility index (Phi) is 2.89. The van der Waals surface area contributed by atoms with Crippen LogP contribution in [-0.2, 0) is 0 Å². The van der Waals surface area contributed by atoms with Crippen molar-refractivity contribution in [2.45, 2.75) is 13.8 Å². The number of fused-ring (bicyclic) bond motifs is 4. The predicted molar refractivity (Wildman–Crippen MR) is 103 cm³/mol. The van der Waals surface area contributed by atoms with E-state index < -0.39 is 0 Å². The highest BCUT2D eigenvalue weighted by atomic mass is 35.5. The molecular weight excluding hydrogens is 355 g/mol. The first kappa shape index (κ1) is 14.9. The van der Waals surface area contributed by atoms with Gasteiger partial charge in [0.05, 0.1) is 22.0 Å². The van der Waals surface area contributed by atoms with Gasteiger partial charge in [-0.1, -0.05) is 47.5 Å². The van der Waals surface area contributed by atoms with Gasteiger partial charge in [0.1, 0.15) is 5.84 Å². The lowest BCUT2D eigenvalue weighted by atomic mass is 10.00. The third-order valence-electron chi connectivity index (χ3n) is 5.01. The van der Waals surface area contributed by atoms with Crippen LogP contribution in [0, 0.1) is 13.8 Å². The van der Waals surface area contributed by atoms with Gasteiger partial charge in [-0.15, -0.1) is 0 Å². The van der Waals surface area contributed by atoms with Crippen molar-refractivity contribution < 1.29 is 4.79 Å². The Morgan fingerprint density at radius 2 is 1.64 bits per heavy atom. The molecule has 3 nitrogen and oxygen atoms in total. The molecule has 0 unspecified atom stereocenters. The highest BCUT2D eigenvalue weighted by Gasteiger charge is 2.42. The highest BCUT2D eigenvalue weighted by molar-refractivity contribution is 6.47. The molecule has 122 valence electrons. The lowest BCUT2D eigenvalue weighted by Gasteiger charge is -2.24. The van der Waals surface area contributed by atoms with E-state index in [4.69, 9.17) is 28.2 Å². The number of hydrogen-bond donors (Lipinski definition) is 0. The number of amidine groups is 1. The number of anilines is 1. The summed E-state index contributed by atoms with van der Waals surface area (Å²) in [4.78, 5) is 19.7. The molecule has 0 fully saturated rings. The monoisotopic (exact) mass is 366 g/mol. The number of carbonyl (C=O) groups is 1. The van der Waals surface area contributed by atoms with Crippen LogP contribution in [0.15, 0.2) is 41.4 Å². The molecule has 2 aliphatic rings. The molecule has 0 aromatic heterocycles. The molecule has 5 heteroatoms. The fourth-order valence-corrected chi connectivity index (χ4v) is 4.30. The summed E-state index contributed by atoms with van der Waals surface area (Å²) < 4.78 is 0. The zero-order chi connectivity index (χ0) is 17.5. The number of carbonyl (C=O) groups excluding carboxylic acids is 1. The van der Waals surface area contributed by atoms with Crippen LogP contribution in [0.1, 0.15) is 27.0 Å². The Morgan fingerprint density at radius 3 is 2.40 bits per heavy atom. The minimum atomic E-state index is -0.128. The standard InChI is InChI=1S/C20H12Cl2N2O/c1-9-14-16(18(22)10(2)17(9)21)19-23-12-7-3-5-11-6-4-8-13(15(11)12)24(19)20(14)25/h3-8H,1-2H3. The van der Waals surface area contributed by atoms with E-state index in [1.807, 2.05) is 50.2 Å². The first-order valence-corrected chi connectivity index (χ1v) is 8.69. The van der Waals surface area contributed by atoms with Gasteiger partial charge in [-0.3, -0.25) is 9.69 Å². The molecule has 0 N–H and O–H groups in total. The van der Waals surface area contributed by atoms with Crippen molar-refractivity contribution >= 4 is 57.1 Å². The summed E-state index contributed by atoms with van der Waals surface area (Å²) in [6.07, 6.45) is 0. The number of rotatable bonds is 0. The Balaban J connectivity index is 1.93. The summed E-state index contributed by atoms with van der Waals surface area (Å²) in [6.45, 7) is 3.72. The maximum Gasteiger partial charge on any atom is 0.265 e. The van der Waals surface area contributed by atoms with Gasteiger partial charge in [0, 0.05) is 16.0 Å². The third kappa shape index (κ3) is 1.72. The van der Waals surface area contributed by atoms with Crippen molar-refractivity contribution in [2.75, 3.05) is 4.90 Å². The molecule has 0 bridgehead atoms. The van der Waals surface area contributed by atoms with Gasteiger partial charge in [0.15, 0.2) is 0 Å². The molecule has 1 amide bonds. The van der Waals surface area contributed by atoms with Crippen LogP contribution in [-0.4, -0.2) is 11.7 Å². The zero-order valence-corrected chi connectivity index (χ0v) is 15.0. The van der Waals surface area contributed by atoms with E-state index >= 15 is 0 Å². The molecular formula is C20H12Cl2N2O. The zero-order valence-electron chi connectivity index (χ0n) is 13.5. The van der Waals surface area contributed by atoms with Gasteiger partial charge in [-0.2, -0.15) is 0 Å².